The Morgan fingerprint density at radius 1 is 1.15 bits per heavy atom. The molecule has 1 aromatic rings. The monoisotopic (exact) mass is 393 g/mol. The molecular weight excluding hydrogens is 362 g/mol. The molecule has 0 N–H and O–H groups in total. The first kappa shape index (κ1) is 20.3. The summed E-state index contributed by atoms with van der Waals surface area (Å²) in [7, 11) is -2.97. The van der Waals surface area contributed by atoms with Crippen LogP contribution in [0.25, 0.3) is 0 Å². The highest BCUT2D eigenvalue weighted by atomic mass is 32.2. The van der Waals surface area contributed by atoms with Gasteiger partial charge in [-0.1, -0.05) is 24.3 Å². The molecule has 0 spiro atoms. The Balaban J connectivity index is 1.48. The Kier molecular flexibility index (Phi) is 6.55. The average molecular weight is 394 g/mol. The lowest BCUT2D eigenvalue weighted by atomic mass is 10.1. The molecule has 1 amide bonds. The Bertz CT molecular complexity index is 757. The first-order valence-electron chi connectivity index (χ1n) is 9.87. The molecule has 2 saturated heterocycles. The van der Waals surface area contributed by atoms with Crippen molar-refractivity contribution in [2.24, 2.45) is 0 Å². The molecule has 7 heteroatoms. The summed E-state index contributed by atoms with van der Waals surface area (Å²) in [4.78, 5) is 19.1. The van der Waals surface area contributed by atoms with Gasteiger partial charge in [-0.05, 0) is 31.4 Å². The van der Waals surface area contributed by atoms with Crippen molar-refractivity contribution in [2.45, 2.75) is 32.9 Å². The van der Waals surface area contributed by atoms with E-state index in [1.807, 2.05) is 6.92 Å². The van der Waals surface area contributed by atoms with Crippen molar-refractivity contribution in [1.29, 1.82) is 0 Å². The molecule has 2 aliphatic rings. The fourth-order valence-electron chi connectivity index (χ4n) is 4.08. The number of amides is 1. The van der Waals surface area contributed by atoms with Gasteiger partial charge in [0.2, 0.25) is 5.91 Å². The second-order valence-corrected chi connectivity index (χ2v) is 9.94. The topological polar surface area (TPSA) is 60.9 Å². The summed E-state index contributed by atoms with van der Waals surface area (Å²) in [6.45, 7) is 9.65. The number of likely N-dealkylation sites (N-methyl/N-ethyl adjacent to an activating group) is 1. The number of carbonyl (C=O) groups is 1. The molecule has 150 valence electrons. The molecule has 2 fully saturated rings. The van der Waals surface area contributed by atoms with Crippen molar-refractivity contribution in [2.75, 3.05) is 50.8 Å². The van der Waals surface area contributed by atoms with E-state index in [9.17, 15) is 13.2 Å². The molecule has 1 atom stereocenters. The van der Waals surface area contributed by atoms with Gasteiger partial charge in [0.25, 0.3) is 0 Å². The normalized spacial score (nSPS) is 23.4. The van der Waals surface area contributed by atoms with E-state index in [1.54, 1.807) is 4.90 Å². The van der Waals surface area contributed by atoms with Crippen LogP contribution >= 0.6 is 0 Å². The van der Waals surface area contributed by atoms with E-state index in [0.717, 1.165) is 32.7 Å². The number of aryl methyl sites for hydroxylation is 1. The lowest BCUT2D eigenvalue weighted by Gasteiger charge is -2.36. The van der Waals surface area contributed by atoms with Gasteiger partial charge in [0, 0.05) is 45.3 Å². The molecule has 0 radical (unpaired) electrons. The first-order chi connectivity index (χ1) is 12.9. The van der Waals surface area contributed by atoms with Crippen molar-refractivity contribution in [3.8, 4) is 0 Å². The molecule has 0 bridgehead atoms. The predicted molar refractivity (Wildman–Crippen MR) is 107 cm³/mol. The van der Waals surface area contributed by atoms with Crippen molar-refractivity contribution in [3.63, 3.8) is 0 Å². The predicted octanol–water partition coefficient (Wildman–Crippen LogP) is 1.15. The van der Waals surface area contributed by atoms with E-state index >= 15 is 0 Å². The summed E-state index contributed by atoms with van der Waals surface area (Å²) in [5.41, 5.74) is 2.68. The standard InChI is InChI=1S/C20H31N3O3S/c1-3-23(19-8-13-27(25,26)16-19)20(24)15-22-11-9-21(10-12-22)14-18-7-5-4-6-17(18)2/h4-7,19H,3,8-16H2,1-2H3. The Morgan fingerprint density at radius 3 is 2.41 bits per heavy atom. The van der Waals surface area contributed by atoms with Gasteiger partial charge in [-0.2, -0.15) is 0 Å². The summed E-state index contributed by atoms with van der Waals surface area (Å²) in [6, 6.07) is 8.33. The molecular formula is C20H31N3O3S. The van der Waals surface area contributed by atoms with E-state index in [0.29, 0.717) is 19.5 Å². The van der Waals surface area contributed by atoms with Gasteiger partial charge in [0.05, 0.1) is 18.1 Å². The third-order valence-corrected chi connectivity index (χ3v) is 7.54. The third-order valence-electron chi connectivity index (χ3n) is 5.79. The molecule has 0 saturated carbocycles. The van der Waals surface area contributed by atoms with Crippen LogP contribution in [-0.2, 0) is 21.2 Å². The number of sulfone groups is 1. The van der Waals surface area contributed by atoms with E-state index in [4.69, 9.17) is 0 Å². The van der Waals surface area contributed by atoms with Crippen molar-refractivity contribution >= 4 is 15.7 Å². The largest absolute Gasteiger partial charge is 0.338 e. The van der Waals surface area contributed by atoms with Crippen LogP contribution in [0, 0.1) is 6.92 Å². The Hall–Kier alpha value is -1.44. The Labute approximate surface area is 163 Å². The number of benzene rings is 1. The second-order valence-electron chi connectivity index (χ2n) is 7.72. The van der Waals surface area contributed by atoms with E-state index in [1.165, 1.54) is 11.1 Å². The zero-order valence-corrected chi connectivity index (χ0v) is 17.2. The van der Waals surface area contributed by atoms with Gasteiger partial charge >= 0.3 is 0 Å². The first-order valence-corrected chi connectivity index (χ1v) is 11.7. The lowest BCUT2D eigenvalue weighted by molar-refractivity contribution is -0.134. The van der Waals surface area contributed by atoms with Crippen LogP contribution in [0.2, 0.25) is 0 Å². The number of hydrogen-bond donors (Lipinski definition) is 0. The average Bonchev–Trinajstić information content (AvgIpc) is 2.99. The molecule has 0 aromatic heterocycles. The van der Waals surface area contributed by atoms with E-state index in [2.05, 4.69) is 41.0 Å². The summed E-state index contributed by atoms with van der Waals surface area (Å²) in [5, 5.41) is 0. The maximum atomic E-state index is 12.7. The van der Waals surface area contributed by atoms with Crippen LogP contribution in [0.1, 0.15) is 24.5 Å². The summed E-state index contributed by atoms with van der Waals surface area (Å²) < 4.78 is 23.5. The fraction of sp³-hybridized carbons (Fsp3) is 0.650. The highest BCUT2D eigenvalue weighted by molar-refractivity contribution is 7.91. The van der Waals surface area contributed by atoms with Crippen LogP contribution in [0.4, 0.5) is 0 Å². The van der Waals surface area contributed by atoms with Gasteiger partial charge in [-0.3, -0.25) is 14.6 Å². The number of hydrogen-bond acceptors (Lipinski definition) is 5. The molecule has 0 aliphatic carbocycles. The molecule has 27 heavy (non-hydrogen) atoms. The lowest BCUT2D eigenvalue weighted by Crippen LogP contribution is -2.51. The van der Waals surface area contributed by atoms with Gasteiger partial charge in [0.1, 0.15) is 0 Å². The smallest absolute Gasteiger partial charge is 0.237 e. The van der Waals surface area contributed by atoms with Gasteiger partial charge < -0.3 is 4.90 Å². The van der Waals surface area contributed by atoms with Crippen molar-refractivity contribution in [1.82, 2.24) is 14.7 Å². The number of piperazine rings is 1. The van der Waals surface area contributed by atoms with E-state index in [-0.39, 0.29) is 23.5 Å². The zero-order valence-electron chi connectivity index (χ0n) is 16.4. The second kappa shape index (κ2) is 8.71. The summed E-state index contributed by atoms with van der Waals surface area (Å²) in [5.74, 6) is 0.391. The number of nitrogens with zero attached hydrogens (tertiary/aromatic N) is 3. The molecule has 6 nitrogen and oxygen atoms in total. The molecule has 1 aromatic carbocycles. The van der Waals surface area contributed by atoms with Crippen molar-refractivity contribution < 1.29 is 13.2 Å². The molecule has 2 heterocycles. The zero-order chi connectivity index (χ0) is 19.4. The number of rotatable bonds is 6. The minimum atomic E-state index is -2.97. The highest BCUT2D eigenvalue weighted by Gasteiger charge is 2.34. The van der Waals surface area contributed by atoms with Crippen LogP contribution in [-0.4, -0.2) is 85.8 Å². The third kappa shape index (κ3) is 5.30. The van der Waals surface area contributed by atoms with Crippen molar-refractivity contribution in [3.05, 3.63) is 35.4 Å². The molecule has 1 unspecified atom stereocenters. The van der Waals surface area contributed by atoms with Crippen LogP contribution < -0.4 is 0 Å². The fourth-order valence-corrected chi connectivity index (χ4v) is 5.81. The van der Waals surface area contributed by atoms with Gasteiger partial charge in [-0.15, -0.1) is 0 Å². The maximum Gasteiger partial charge on any atom is 0.237 e. The van der Waals surface area contributed by atoms with E-state index < -0.39 is 9.84 Å². The summed E-state index contributed by atoms with van der Waals surface area (Å²) in [6.07, 6.45) is 0.576. The molecule has 2 aliphatic heterocycles. The minimum Gasteiger partial charge on any atom is -0.338 e. The van der Waals surface area contributed by atoms with Gasteiger partial charge in [-0.25, -0.2) is 8.42 Å². The highest BCUT2D eigenvalue weighted by Crippen LogP contribution is 2.18. The Morgan fingerprint density at radius 2 is 1.81 bits per heavy atom. The van der Waals surface area contributed by atoms with Gasteiger partial charge in [0.15, 0.2) is 9.84 Å². The van der Waals surface area contributed by atoms with Crippen LogP contribution in [0.15, 0.2) is 24.3 Å². The van der Waals surface area contributed by atoms with Crippen LogP contribution in [0.3, 0.4) is 0 Å². The quantitative estimate of drug-likeness (QED) is 0.726. The molecule has 3 rings (SSSR count). The SMILES string of the molecule is CCN(C(=O)CN1CCN(Cc2ccccc2C)CC1)C1CCS(=O)(=O)C1. The number of carbonyl (C=O) groups excluding carboxylic acids is 1. The van der Waals surface area contributed by atoms with Crippen LogP contribution in [0.5, 0.6) is 0 Å². The maximum absolute atomic E-state index is 12.7. The summed E-state index contributed by atoms with van der Waals surface area (Å²) >= 11 is 0. The minimum absolute atomic E-state index is 0.0620.